The van der Waals surface area contributed by atoms with Crippen LogP contribution in [-0.4, -0.2) is 56.2 Å². The number of benzene rings is 3. The van der Waals surface area contributed by atoms with Gasteiger partial charge in [0.1, 0.15) is 42.1 Å². The lowest BCUT2D eigenvalue weighted by atomic mass is 10.0. The minimum absolute atomic E-state index is 0.00784. The molecule has 39 heavy (non-hydrogen) atoms. The molecule has 1 heterocycles. The predicted molar refractivity (Wildman–Crippen MR) is 149 cm³/mol. The summed E-state index contributed by atoms with van der Waals surface area (Å²) in [6, 6.07) is 18.4. The Balaban J connectivity index is 1.40. The molecule has 1 unspecified atom stereocenters. The number of sulfonamides is 1. The standard InChI is InChI=1S/C29H32ClNO7S/c1-20(2)21-5-12-26(13-6-21)39(34,35)31-15-3-4-25(19-31)38-24-11-14-27(29(32)33)28(18-24)37-17-16-36-23-9-7-22(30)8-10-23/h5-14,18,20,25H,3-4,15-17,19H2,1-2H3,(H,32,33). The first-order valence-corrected chi connectivity index (χ1v) is 14.6. The van der Waals surface area contributed by atoms with E-state index in [0.717, 1.165) is 5.56 Å². The monoisotopic (exact) mass is 573 g/mol. The number of nitrogens with zero attached hydrogens (tertiary/aromatic N) is 1. The number of aromatic carboxylic acids is 1. The van der Waals surface area contributed by atoms with Crippen LogP contribution in [0.4, 0.5) is 0 Å². The molecular formula is C29H32ClNO7S. The molecule has 8 nitrogen and oxygen atoms in total. The Bertz CT molecular complexity index is 1380. The van der Waals surface area contributed by atoms with Crippen molar-refractivity contribution in [3.05, 3.63) is 82.9 Å². The number of ether oxygens (including phenoxy) is 3. The highest BCUT2D eigenvalue weighted by molar-refractivity contribution is 7.89. The fourth-order valence-electron chi connectivity index (χ4n) is 4.30. The van der Waals surface area contributed by atoms with Gasteiger partial charge in [0, 0.05) is 17.6 Å². The van der Waals surface area contributed by atoms with Gasteiger partial charge in [0.2, 0.25) is 10.0 Å². The number of hydrogen-bond acceptors (Lipinski definition) is 6. The van der Waals surface area contributed by atoms with Crippen LogP contribution in [0.25, 0.3) is 0 Å². The van der Waals surface area contributed by atoms with Crippen molar-refractivity contribution < 1.29 is 32.5 Å². The zero-order valence-electron chi connectivity index (χ0n) is 21.9. The van der Waals surface area contributed by atoms with E-state index in [0.29, 0.717) is 41.8 Å². The molecule has 0 radical (unpaired) electrons. The normalized spacial score (nSPS) is 16.2. The van der Waals surface area contributed by atoms with Gasteiger partial charge >= 0.3 is 5.97 Å². The maximum absolute atomic E-state index is 13.3. The first kappa shape index (κ1) is 28.7. The Labute approximate surface area is 234 Å². The van der Waals surface area contributed by atoms with E-state index in [1.807, 2.05) is 12.1 Å². The zero-order valence-corrected chi connectivity index (χ0v) is 23.5. The van der Waals surface area contributed by atoms with Crippen molar-refractivity contribution in [1.82, 2.24) is 4.31 Å². The first-order valence-electron chi connectivity index (χ1n) is 12.8. The minimum Gasteiger partial charge on any atom is -0.490 e. The number of halogens is 1. The van der Waals surface area contributed by atoms with E-state index in [2.05, 4.69) is 13.8 Å². The zero-order chi connectivity index (χ0) is 28.0. The second kappa shape index (κ2) is 12.7. The highest BCUT2D eigenvalue weighted by atomic mass is 35.5. The molecule has 0 amide bonds. The molecule has 1 aliphatic heterocycles. The molecule has 10 heteroatoms. The number of carboxylic acid groups (broad SMARTS) is 1. The second-order valence-electron chi connectivity index (χ2n) is 9.58. The van der Waals surface area contributed by atoms with Gasteiger partial charge in [-0.2, -0.15) is 4.31 Å². The Hall–Kier alpha value is -3.27. The summed E-state index contributed by atoms with van der Waals surface area (Å²) >= 11 is 5.88. The van der Waals surface area contributed by atoms with Crippen molar-refractivity contribution in [2.24, 2.45) is 0 Å². The van der Waals surface area contributed by atoms with E-state index in [1.165, 1.54) is 16.4 Å². The fourth-order valence-corrected chi connectivity index (χ4v) is 5.94. The van der Waals surface area contributed by atoms with Crippen LogP contribution in [0.3, 0.4) is 0 Å². The highest BCUT2D eigenvalue weighted by Crippen LogP contribution is 2.29. The van der Waals surface area contributed by atoms with Crippen LogP contribution < -0.4 is 14.2 Å². The third-order valence-electron chi connectivity index (χ3n) is 6.43. The van der Waals surface area contributed by atoms with E-state index in [-0.39, 0.29) is 42.1 Å². The minimum atomic E-state index is -3.67. The van der Waals surface area contributed by atoms with E-state index in [9.17, 15) is 18.3 Å². The Kier molecular flexibility index (Phi) is 9.37. The van der Waals surface area contributed by atoms with Crippen LogP contribution >= 0.6 is 11.6 Å². The fraction of sp³-hybridized carbons (Fsp3) is 0.345. The number of piperidine rings is 1. The van der Waals surface area contributed by atoms with Gasteiger partial charge in [-0.15, -0.1) is 0 Å². The molecule has 1 saturated heterocycles. The average Bonchev–Trinajstić information content (AvgIpc) is 2.92. The smallest absolute Gasteiger partial charge is 0.339 e. The summed E-state index contributed by atoms with van der Waals surface area (Å²) in [4.78, 5) is 12.0. The maximum atomic E-state index is 13.3. The lowest BCUT2D eigenvalue weighted by Crippen LogP contribution is -2.44. The molecule has 0 saturated carbocycles. The van der Waals surface area contributed by atoms with Crippen molar-refractivity contribution in [2.75, 3.05) is 26.3 Å². The largest absolute Gasteiger partial charge is 0.490 e. The van der Waals surface area contributed by atoms with Gasteiger partial charge in [0.25, 0.3) is 0 Å². The molecule has 3 aromatic rings. The second-order valence-corrected chi connectivity index (χ2v) is 12.0. The van der Waals surface area contributed by atoms with Crippen LogP contribution in [0, 0.1) is 0 Å². The average molecular weight is 574 g/mol. The maximum Gasteiger partial charge on any atom is 0.339 e. The summed E-state index contributed by atoms with van der Waals surface area (Å²) in [5, 5.41) is 10.2. The molecule has 1 atom stereocenters. The predicted octanol–water partition coefficient (Wildman–Crippen LogP) is 5.85. The summed E-state index contributed by atoms with van der Waals surface area (Å²) in [7, 11) is -3.67. The Morgan fingerprint density at radius 2 is 1.67 bits per heavy atom. The molecule has 208 valence electrons. The first-order chi connectivity index (χ1) is 18.6. The number of hydrogen-bond donors (Lipinski definition) is 1. The van der Waals surface area contributed by atoms with Crippen LogP contribution in [-0.2, 0) is 10.0 Å². The lowest BCUT2D eigenvalue weighted by Gasteiger charge is -2.32. The van der Waals surface area contributed by atoms with Gasteiger partial charge in [-0.05, 0) is 72.9 Å². The van der Waals surface area contributed by atoms with Gasteiger partial charge in [-0.25, -0.2) is 13.2 Å². The van der Waals surface area contributed by atoms with Crippen LogP contribution in [0.5, 0.6) is 17.2 Å². The molecule has 0 spiro atoms. The molecule has 1 aliphatic rings. The molecular weight excluding hydrogens is 542 g/mol. The molecule has 4 rings (SSSR count). The molecule has 0 aromatic heterocycles. The van der Waals surface area contributed by atoms with Crippen molar-refractivity contribution in [2.45, 2.75) is 43.6 Å². The summed E-state index contributed by atoms with van der Waals surface area (Å²) in [5.41, 5.74) is 1.07. The molecule has 1 fully saturated rings. The number of rotatable bonds is 11. The van der Waals surface area contributed by atoms with Crippen molar-refractivity contribution >= 4 is 27.6 Å². The summed E-state index contributed by atoms with van der Waals surface area (Å²) in [6.07, 6.45) is 0.927. The molecule has 3 aromatic carbocycles. The Morgan fingerprint density at radius 3 is 2.33 bits per heavy atom. The van der Waals surface area contributed by atoms with Crippen LogP contribution in [0.15, 0.2) is 71.6 Å². The number of carbonyl (C=O) groups is 1. The highest BCUT2D eigenvalue weighted by Gasteiger charge is 2.31. The quantitative estimate of drug-likeness (QED) is 0.287. The van der Waals surface area contributed by atoms with Gasteiger partial charge in [0.05, 0.1) is 11.4 Å². The van der Waals surface area contributed by atoms with E-state index < -0.39 is 16.0 Å². The van der Waals surface area contributed by atoms with Crippen molar-refractivity contribution in [1.29, 1.82) is 0 Å². The molecule has 0 aliphatic carbocycles. The van der Waals surface area contributed by atoms with E-state index in [4.69, 9.17) is 25.8 Å². The van der Waals surface area contributed by atoms with Gasteiger partial charge in [-0.1, -0.05) is 37.6 Å². The van der Waals surface area contributed by atoms with Crippen molar-refractivity contribution in [3.8, 4) is 17.2 Å². The number of carboxylic acids is 1. The summed E-state index contributed by atoms with van der Waals surface area (Å²) < 4.78 is 45.4. The van der Waals surface area contributed by atoms with Crippen LogP contribution in [0.1, 0.15) is 48.5 Å². The van der Waals surface area contributed by atoms with Gasteiger partial charge in [0.15, 0.2) is 0 Å². The lowest BCUT2D eigenvalue weighted by molar-refractivity contribution is 0.0691. The SMILES string of the molecule is CC(C)c1ccc(S(=O)(=O)N2CCCC(Oc3ccc(C(=O)O)c(OCCOc4ccc(Cl)cc4)c3)C2)cc1. The third kappa shape index (κ3) is 7.44. The summed E-state index contributed by atoms with van der Waals surface area (Å²) in [5.74, 6) is 0.344. The van der Waals surface area contributed by atoms with Gasteiger partial charge < -0.3 is 19.3 Å². The van der Waals surface area contributed by atoms with E-state index in [1.54, 1.807) is 42.5 Å². The topological polar surface area (TPSA) is 102 Å². The van der Waals surface area contributed by atoms with Crippen LogP contribution in [0.2, 0.25) is 5.02 Å². The molecule has 0 bridgehead atoms. The van der Waals surface area contributed by atoms with Crippen molar-refractivity contribution in [3.63, 3.8) is 0 Å². The Morgan fingerprint density at radius 1 is 1.00 bits per heavy atom. The van der Waals surface area contributed by atoms with Gasteiger partial charge in [-0.3, -0.25) is 0 Å². The molecule has 1 N–H and O–H groups in total. The summed E-state index contributed by atoms with van der Waals surface area (Å²) in [6.45, 7) is 5.03. The third-order valence-corrected chi connectivity index (χ3v) is 8.57. The van der Waals surface area contributed by atoms with E-state index >= 15 is 0 Å².